The maximum absolute atomic E-state index is 10.3. The van der Waals surface area contributed by atoms with Crippen molar-refractivity contribution in [3.63, 3.8) is 0 Å². The van der Waals surface area contributed by atoms with E-state index in [2.05, 4.69) is 0 Å². The van der Waals surface area contributed by atoms with E-state index in [0.717, 1.165) is 0 Å². The minimum atomic E-state index is -2.57. The van der Waals surface area contributed by atoms with Crippen LogP contribution < -0.4 is 11.5 Å². The first kappa shape index (κ1) is 11.3. The lowest BCUT2D eigenvalue weighted by molar-refractivity contribution is -0.171. The van der Waals surface area contributed by atoms with Crippen LogP contribution in [-0.2, 0) is 4.79 Å². The number of hydrogen-bond donors (Lipinski definition) is 5. The molecule has 0 spiro atoms. The van der Waals surface area contributed by atoms with E-state index in [9.17, 15) is 4.79 Å². The molecule has 0 aromatic carbocycles. The second-order valence-electron chi connectivity index (χ2n) is 2.58. The van der Waals surface area contributed by atoms with Gasteiger partial charge in [0.15, 0.2) is 0 Å². The fourth-order valence-electron chi connectivity index (χ4n) is 0.674. The van der Waals surface area contributed by atoms with Crippen LogP contribution in [-0.4, -0.2) is 39.7 Å². The smallest absolute Gasteiger partial charge is 0.353 e. The molecule has 0 saturated heterocycles. The van der Waals surface area contributed by atoms with E-state index in [-0.39, 0.29) is 6.42 Å². The molecule has 0 aliphatic carbocycles. The molecule has 12 heavy (non-hydrogen) atoms. The van der Waals surface area contributed by atoms with Crippen molar-refractivity contribution in [2.24, 2.45) is 11.5 Å². The third-order valence-corrected chi connectivity index (χ3v) is 1.53. The van der Waals surface area contributed by atoms with Crippen molar-refractivity contribution in [2.45, 2.75) is 24.7 Å². The molecule has 0 radical (unpaired) electrons. The van der Waals surface area contributed by atoms with Crippen LogP contribution >= 0.6 is 0 Å². The Morgan fingerprint density at radius 2 is 2.08 bits per heavy atom. The summed E-state index contributed by atoms with van der Waals surface area (Å²) in [6.45, 7) is 0.312. The number of carbonyl (C=O) groups is 1. The molecule has 1 unspecified atom stereocenters. The first-order valence-electron chi connectivity index (χ1n) is 3.55. The molecule has 0 saturated carbocycles. The van der Waals surface area contributed by atoms with E-state index < -0.39 is 17.8 Å². The fourth-order valence-corrected chi connectivity index (χ4v) is 0.674. The van der Waals surface area contributed by atoms with Gasteiger partial charge >= 0.3 is 5.97 Å². The average Bonchev–Trinajstić information content (AvgIpc) is 1.99. The van der Waals surface area contributed by atoms with Crippen molar-refractivity contribution in [3.8, 4) is 0 Å². The van der Waals surface area contributed by atoms with Gasteiger partial charge in [-0.25, -0.2) is 4.79 Å². The maximum atomic E-state index is 10.3. The minimum Gasteiger partial charge on any atom is -0.478 e. The Hall–Kier alpha value is -0.690. The Balaban J connectivity index is 4.06. The number of carboxylic acid groups (broad SMARTS) is 1. The van der Waals surface area contributed by atoms with Crippen LogP contribution in [0, 0.1) is 0 Å². The summed E-state index contributed by atoms with van der Waals surface area (Å²) in [5.74, 6) is -1.65. The highest BCUT2D eigenvalue weighted by Gasteiger charge is 2.38. The number of hydrogen-bond acceptors (Lipinski definition) is 5. The highest BCUT2D eigenvalue weighted by atomic mass is 16.4. The van der Waals surface area contributed by atoms with E-state index >= 15 is 0 Å². The van der Waals surface area contributed by atoms with Crippen LogP contribution in [0.1, 0.15) is 12.8 Å². The standard InChI is InChI=1S/C6H14N2O4/c7-3-1-2-4(9)6(8,12)5(10)11/h4,9,12H,1-3,7-8H2,(H,10,11)/t4?,6-/m1/s1. The van der Waals surface area contributed by atoms with E-state index in [4.69, 9.17) is 26.8 Å². The minimum absolute atomic E-state index is 0.0653. The van der Waals surface area contributed by atoms with E-state index in [1.165, 1.54) is 0 Å². The Morgan fingerprint density at radius 1 is 1.58 bits per heavy atom. The lowest BCUT2D eigenvalue weighted by Gasteiger charge is -2.23. The highest BCUT2D eigenvalue weighted by Crippen LogP contribution is 2.08. The van der Waals surface area contributed by atoms with Crippen LogP contribution in [0.25, 0.3) is 0 Å². The predicted octanol–water partition coefficient (Wildman–Crippen LogP) is -2.18. The molecule has 7 N–H and O–H groups in total. The van der Waals surface area contributed by atoms with Crippen LogP contribution in [0.2, 0.25) is 0 Å². The molecule has 6 nitrogen and oxygen atoms in total. The number of aliphatic carboxylic acids is 1. The lowest BCUT2D eigenvalue weighted by Crippen LogP contribution is -2.57. The predicted molar refractivity (Wildman–Crippen MR) is 41.1 cm³/mol. The molecule has 0 bridgehead atoms. The first-order chi connectivity index (χ1) is 5.42. The Labute approximate surface area is 69.8 Å². The van der Waals surface area contributed by atoms with Gasteiger partial charge in [0.2, 0.25) is 5.72 Å². The largest absolute Gasteiger partial charge is 0.478 e. The fraction of sp³-hybridized carbons (Fsp3) is 0.833. The SMILES string of the molecule is NCCCC(O)[C@@](N)(O)C(=O)O. The summed E-state index contributed by atoms with van der Waals surface area (Å²) in [5, 5.41) is 26.4. The zero-order valence-corrected chi connectivity index (χ0v) is 6.60. The summed E-state index contributed by atoms with van der Waals surface area (Å²) in [7, 11) is 0. The Morgan fingerprint density at radius 3 is 2.42 bits per heavy atom. The molecule has 0 aliphatic rings. The zero-order chi connectivity index (χ0) is 9.78. The summed E-state index contributed by atoms with van der Waals surface area (Å²) < 4.78 is 0. The third-order valence-electron chi connectivity index (χ3n) is 1.53. The van der Waals surface area contributed by atoms with Gasteiger partial charge in [-0.1, -0.05) is 0 Å². The van der Waals surface area contributed by atoms with Crippen molar-refractivity contribution in [3.05, 3.63) is 0 Å². The first-order valence-corrected chi connectivity index (χ1v) is 3.55. The van der Waals surface area contributed by atoms with Crippen LogP contribution in [0.5, 0.6) is 0 Å². The van der Waals surface area contributed by atoms with Crippen molar-refractivity contribution >= 4 is 5.97 Å². The number of rotatable bonds is 5. The summed E-state index contributed by atoms with van der Waals surface area (Å²) in [6, 6.07) is 0. The van der Waals surface area contributed by atoms with Gasteiger partial charge in [0, 0.05) is 0 Å². The molecular weight excluding hydrogens is 164 g/mol. The summed E-state index contributed by atoms with van der Waals surface area (Å²) in [6.07, 6.45) is -1.01. The van der Waals surface area contributed by atoms with Gasteiger partial charge in [-0.05, 0) is 19.4 Å². The highest BCUT2D eigenvalue weighted by molar-refractivity contribution is 5.76. The monoisotopic (exact) mass is 178 g/mol. The second kappa shape index (κ2) is 4.36. The molecule has 0 aromatic heterocycles. The van der Waals surface area contributed by atoms with Gasteiger partial charge in [0.05, 0.1) is 0 Å². The molecule has 0 fully saturated rings. The second-order valence-corrected chi connectivity index (χ2v) is 2.58. The van der Waals surface area contributed by atoms with Crippen molar-refractivity contribution in [1.82, 2.24) is 0 Å². The summed E-state index contributed by atoms with van der Waals surface area (Å²) >= 11 is 0. The normalized spacial score (nSPS) is 18.3. The third kappa shape index (κ3) is 2.74. The molecule has 2 atom stereocenters. The molecule has 0 rings (SSSR count). The molecule has 72 valence electrons. The number of aliphatic hydroxyl groups is 2. The molecule has 0 aliphatic heterocycles. The van der Waals surface area contributed by atoms with E-state index in [1.807, 2.05) is 0 Å². The van der Waals surface area contributed by atoms with Crippen LogP contribution in [0.3, 0.4) is 0 Å². The molecule has 0 aromatic rings. The molecule has 0 amide bonds. The quantitative estimate of drug-likeness (QED) is 0.304. The van der Waals surface area contributed by atoms with Gasteiger partial charge in [-0.2, -0.15) is 0 Å². The van der Waals surface area contributed by atoms with Gasteiger partial charge < -0.3 is 21.1 Å². The average molecular weight is 178 g/mol. The van der Waals surface area contributed by atoms with Gasteiger partial charge in [-0.3, -0.25) is 5.73 Å². The number of carboxylic acids is 1. The van der Waals surface area contributed by atoms with Gasteiger partial charge in [0.25, 0.3) is 0 Å². The maximum Gasteiger partial charge on any atom is 0.353 e. The zero-order valence-electron chi connectivity index (χ0n) is 6.60. The lowest BCUT2D eigenvalue weighted by atomic mass is 10.0. The topological polar surface area (TPSA) is 130 Å². The van der Waals surface area contributed by atoms with Gasteiger partial charge in [-0.15, -0.1) is 0 Å². The van der Waals surface area contributed by atoms with Crippen molar-refractivity contribution in [1.29, 1.82) is 0 Å². The van der Waals surface area contributed by atoms with Crippen LogP contribution in [0.4, 0.5) is 0 Å². The van der Waals surface area contributed by atoms with Crippen molar-refractivity contribution < 1.29 is 20.1 Å². The summed E-state index contributed by atoms with van der Waals surface area (Å²) in [5.41, 5.74) is 7.45. The molecular formula is C6H14N2O4. The Bertz CT molecular complexity index is 160. The Kier molecular flexibility index (Phi) is 4.11. The molecule has 0 heterocycles. The van der Waals surface area contributed by atoms with E-state index in [1.54, 1.807) is 0 Å². The van der Waals surface area contributed by atoms with Crippen molar-refractivity contribution in [2.75, 3.05) is 6.54 Å². The van der Waals surface area contributed by atoms with Crippen LogP contribution in [0.15, 0.2) is 0 Å². The van der Waals surface area contributed by atoms with E-state index in [0.29, 0.717) is 13.0 Å². The number of aliphatic hydroxyl groups excluding tert-OH is 1. The molecule has 6 heteroatoms. The number of nitrogens with two attached hydrogens (primary N) is 2. The summed E-state index contributed by atoms with van der Waals surface area (Å²) in [4.78, 5) is 10.3. The van der Waals surface area contributed by atoms with Gasteiger partial charge in [0.1, 0.15) is 6.10 Å².